The zero-order chi connectivity index (χ0) is 19.8. The van der Waals surface area contributed by atoms with E-state index in [2.05, 4.69) is 10.9 Å². The summed E-state index contributed by atoms with van der Waals surface area (Å²) in [6.45, 7) is 1.02. The molecule has 0 fully saturated rings. The number of nitrogens with one attached hydrogen (secondary N) is 2. The molecule has 2 rings (SSSR count). The Morgan fingerprint density at radius 3 is 2.41 bits per heavy atom. The number of rotatable bonds is 7. The standard InChI is InChI=1S/C17H16ClN3O6/c1-11(27-15-9-5-3-7-13(15)21(24)25)17(23)20-19-16(22)10-26-14-8-4-2-6-12(14)18/h2-9,11H,10H2,1H3,(H,19,22)(H,20,23)/t11-/m1/s1. The number of nitro benzene ring substituents is 1. The molecule has 0 unspecified atom stereocenters. The highest BCUT2D eigenvalue weighted by Gasteiger charge is 2.21. The number of para-hydroxylation sites is 3. The Hall–Kier alpha value is -3.33. The number of halogens is 1. The van der Waals surface area contributed by atoms with Crippen LogP contribution in [0.15, 0.2) is 48.5 Å². The number of ether oxygens (including phenoxy) is 2. The average Bonchev–Trinajstić information content (AvgIpc) is 2.65. The first-order chi connectivity index (χ1) is 12.9. The van der Waals surface area contributed by atoms with Crippen molar-refractivity contribution < 1.29 is 24.0 Å². The first-order valence-corrected chi connectivity index (χ1v) is 8.12. The smallest absolute Gasteiger partial charge is 0.310 e. The highest BCUT2D eigenvalue weighted by Crippen LogP contribution is 2.26. The number of amides is 2. The number of nitrogens with zero attached hydrogens (tertiary/aromatic N) is 1. The van der Waals surface area contributed by atoms with Gasteiger partial charge in [0.2, 0.25) is 0 Å². The van der Waals surface area contributed by atoms with Crippen LogP contribution in [-0.4, -0.2) is 29.4 Å². The molecule has 0 aromatic heterocycles. The molecule has 0 aliphatic heterocycles. The van der Waals surface area contributed by atoms with Gasteiger partial charge in [-0.25, -0.2) is 0 Å². The minimum Gasteiger partial charge on any atom is -0.482 e. The van der Waals surface area contributed by atoms with Crippen LogP contribution < -0.4 is 20.3 Å². The number of nitro groups is 1. The Bertz CT molecular complexity index is 845. The molecule has 0 aliphatic rings. The fourth-order valence-corrected chi connectivity index (χ4v) is 2.12. The average molecular weight is 394 g/mol. The SMILES string of the molecule is C[C@@H](Oc1ccccc1[N+](=O)[O-])C(=O)NNC(=O)COc1ccccc1Cl. The van der Waals surface area contributed by atoms with Crippen LogP contribution in [0.25, 0.3) is 0 Å². The van der Waals surface area contributed by atoms with Gasteiger partial charge in [-0.15, -0.1) is 0 Å². The number of carbonyl (C=O) groups is 2. The molecule has 0 aliphatic carbocycles. The molecule has 2 aromatic carbocycles. The maximum Gasteiger partial charge on any atom is 0.310 e. The Kier molecular flexibility index (Phi) is 6.95. The van der Waals surface area contributed by atoms with Crippen molar-refractivity contribution in [2.24, 2.45) is 0 Å². The molecule has 0 radical (unpaired) electrons. The van der Waals surface area contributed by atoms with Gasteiger partial charge in [-0.1, -0.05) is 35.9 Å². The van der Waals surface area contributed by atoms with E-state index >= 15 is 0 Å². The van der Waals surface area contributed by atoms with Gasteiger partial charge >= 0.3 is 5.69 Å². The van der Waals surface area contributed by atoms with Crippen molar-refractivity contribution >= 4 is 29.1 Å². The van der Waals surface area contributed by atoms with Gasteiger partial charge < -0.3 is 9.47 Å². The second-order valence-electron chi connectivity index (χ2n) is 5.24. The third-order valence-corrected chi connectivity index (χ3v) is 3.57. The van der Waals surface area contributed by atoms with E-state index in [4.69, 9.17) is 21.1 Å². The summed E-state index contributed by atoms with van der Waals surface area (Å²) in [6.07, 6.45) is -1.09. The van der Waals surface area contributed by atoms with E-state index in [0.29, 0.717) is 10.8 Å². The fourth-order valence-electron chi connectivity index (χ4n) is 1.93. The molecule has 0 saturated heterocycles. The first-order valence-electron chi connectivity index (χ1n) is 7.74. The predicted octanol–water partition coefficient (Wildman–Crippen LogP) is 2.24. The van der Waals surface area contributed by atoms with Crippen LogP contribution in [0, 0.1) is 10.1 Å². The molecule has 0 saturated carbocycles. The van der Waals surface area contributed by atoms with Gasteiger partial charge in [-0.05, 0) is 25.1 Å². The normalized spacial score (nSPS) is 11.2. The largest absolute Gasteiger partial charge is 0.482 e. The summed E-state index contributed by atoms with van der Waals surface area (Å²) in [5, 5.41) is 11.3. The highest BCUT2D eigenvalue weighted by molar-refractivity contribution is 6.32. The fraction of sp³-hybridized carbons (Fsp3) is 0.176. The van der Waals surface area contributed by atoms with E-state index in [0.717, 1.165) is 0 Å². The van der Waals surface area contributed by atoms with E-state index in [1.165, 1.54) is 25.1 Å². The maximum absolute atomic E-state index is 12.0. The Morgan fingerprint density at radius 1 is 1.11 bits per heavy atom. The summed E-state index contributed by atoms with van der Waals surface area (Å²) in [7, 11) is 0. The van der Waals surface area contributed by atoms with E-state index in [1.807, 2.05) is 0 Å². The Balaban J connectivity index is 1.82. The lowest BCUT2D eigenvalue weighted by atomic mass is 10.3. The highest BCUT2D eigenvalue weighted by atomic mass is 35.5. The van der Waals surface area contributed by atoms with Gasteiger partial charge in [0, 0.05) is 6.07 Å². The van der Waals surface area contributed by atoms with E-state index in [9.17, 15) is 19.7 Å². The predicted molar refractivity (Wildman–Crippen MR) is 96.4 cm³/mol. The summed E-state index contributed by atoms with van der Waals surface area (Å²) in [5.41, 5.74) is 4.04. The van der Waals surface area contributed by atoms with Gasteiger partial charge in [0.05, 0.1) is 9.95 Å². The molecule has 2 amide bonds. The first kappa shape index (κ1) is 20.0. The molecule has 10 heteroatoms. The molecule has 142 valence electrons. The third-order valence-electron chi connectivity index (χ3n) is 3.26. The summed E-state index contributed by atoms with van der Waals surface area (Å²) >= 11 is 5.90. The van der Waals surface area contributed by atoms with Crippen LogP contribution in [-0.2, 0) is 9.59 Å². The van der Waals surface area contributed by atoms with Gasteiger partial charge in [0.25, 0.3) is 11.8 Å². The third kappa shape index (κ3) is 5.86. The number of hydrogen-bond donors (Lipinski definition) is 2. The van der Waals surface area contributed by atoms with Crippen LogP contribution in [0.3, 0.4) is 0 Å². The van der Waals surface area contributed by atoms with Crippen LogP contribution in [0.5, 0.6) is 11.5 Å². The number of benzene rings is 2. The quantitative estimate of drug-likeness (QED) is 0.550. The van der Waals surface area contributed by atoms with E-state index in [-0.39, 0.29) is 18.0 Å². The van der Waals surface area contributed by atoms with Crippen LogP contribution >= 0.6 is 11.6 Å². The topological polar surface area (TPSA) is 120 Å². The van der Waals surface area contributed by atoms with E-state index < -0.39 is 22.8 Å². The lowest BCUT2D eigenvalue weighted by molar-refractivity contribution is -0.386. The second kappa shape index (κ2) is 9.39. The van der Waals surface area contributed by atoms with Crippen molar-refractivity contribution in [2.45, 2.75) is 13.0 Å². The lowest BCUT2D eigenvalue weighted by Gasteiger charge is -2.15. The second-order valence-corrected chi connectivity index (χ2v) is 5.65. The molecule has 0 bridgehead atoms. The molecular formula is C17H16ClN3O6. The maximum atomic E-state index is 12.0. The minimum absolute atomic E-state index is 0.0569. The monoisotopic (exact) mass is 393 g/mol. The Labute approximate surface area is 159 Å². The molecule has 9 nitrogen and oxygen atoms in total. The molecular weight excluding hydrogens is 378 g/mol. The number of hydrazine groups is 1. The van der Waals surface area contributed by atoms with Gasteiger partial charge in [-0.3, -0.25) is 30.6 Å². The lowest BCUT2D eigenvalue weighted by Crippen LogP contribution is -2.48. The van der Waals surface area contributed by atoms with Crippen LogP contribution in [0.2, 0.25) is 5.02 Å². The van der Waals surface area contributed by atoms with E-state index in [1.54, 1.807) is 30.3 Å². The molecule has 2 N–H and O–H groups in total. The van der Waals surface area contributed by atoms with Crippen molar-refractivity contribution in [1.82, 2.24) is 10.9 Å². The summed E-state index contributed by atoms with van der Waals surface area (Å²) < 4.78 is 10.5. The van der Waals surface area contributed by atoms with Gasteiger partial charge in [-0.2, -0.15) is 0 Å². The Morgan fingerprint density at radius 2 is 1.74 bits per heavy atom. The van der Waals surface area contributed by atoms with Crippen LogP contribution in [0.1, 0.15) is 6.92 Å². The summed E-state index contributed by atoms with van der Waals surface area (Å²) in [5.74, 6) is -1.05. The van der Waals surface area contributed by atoms with Crippen molar-refractivity contribution in [3.8, 4) is 11.5 Å². The number of carbonyl (C=O) groups excluding carboxylic acids is 2. The summed E-state index contributed by atoms with van der Waals surface area (Å²) in [4.78, 5) is 34.0. The molecule has 2 aromatic rings. The van der Waals surface area contributed by atoms with Crippen molar-refractivity contribution in [1.29, 1.82) is 0 Å². The van der Waals surface area contributed by atoms with Crippen molar-refractivity contribution in [3.05, 3.63) is 63.7 Å². The molecule has 0 spiro atoms. The van der Waals surface area contributed by atoms with Gasteiger partial charge in [0.15, 0.2) is 18.5 Å². The van der Waals surface area contributed by atoms with Crippen LogP contribution in [0.4, 0.5) is 5.69 Å². The zero-order valence-electron chi connectivity index (χ0n) is 14.2. The number of hydrogen-bond acceptors (Lipinski definition) is 6. The zero-order valence-corrected chi connectivity index (χ0v) is 14.9. The van der Waals surface area contributed by atoms with Crippen molar-refractivity contribution in [2.75, 3.05) is 6.61 Å². The molecule has 0 heterocycles. The summed E-state index contributed by atoms with van der Waals surface area (Å²) in [6, 6.07) is 12.3. The molecule has 27 heavy (non-hydrogen) atoms. The van der Waals surface area contributed by atoms with Crippen molar-refractivity contribution in [3.63, 3.8) is 0 Å². The molecule has 1 atom stereocenters. The van der Waals surface area contributed by atoms with Gasteiger partial charge in [0.1, 0.15) is 5.75 Å². The minimum atomic E-state index is -1.09.